The first-order valence-corrected chi connectivity index (χ1v) is 22.2. The molecule has 1 aliphatic carbocycles. The molecule has 2 aromatic carbocycles. The lowest BCUT2D eigenvalue weighted by atomic mass is 9.85. The van der Waals surface area contributed by atoms with Crippen molar-refractivity contribution in [1.82, 2.24) is 24.9 Å². The number of methoxy groups -OCH3 is 1. The predicted octanol–water partition coefficient (Wildman–Crippen LogP) is 7.80. The van der Waals surface area contributed by atoms with Gasteiger partial charge in [0, 0.05) is 68.7 Å². The van der Waals surface area contributed by atoms with Gasteiger partial charge in [-0.1, -0.05) is 59.2 Å². The molecule has 0 radical (unpaired) electrons. The van der Waals surface area contributed by atoms with Crippen LogP contribution >= 0.6 is 22.9 Å². The number of fused-ring (bicyclic) bond motifs is 1. The van der Waals surface area contributed by atoms with Gasteiger partial charge in [-0.3, -0.25) is 23.3 Å². The van der Waals surface area contributed by atoms with E-state index in [1.165, 1.54) is 47.4 Å². The maximum Gasteiger partial charge on any atom is 0.273 e. The molecular formula is C43H50ClF2N6O7S2-. The number of anilines is 1. The van der Waals surface area contributed by atoms with E-state index in [1.54, 1.807) is 40.0 Å². The van der Waals surface area contributed by atoms with Crippen LogP contribution in [0.4, 0.5) is 14.5 Å². The average Bonchev–Trinajstić information content (AvgIpc) is 3.47. The van der Waals surface area contributed by atoms with Crippen molar-refractivity contribution in [3.63, 3.8) is 0 Å². The molecule has 0 spiro atoms. The fourth-order valence-electron chi connectivity index (χ4n) is 7.60. The number of hydrogen-bond acceptors (Lipinski definition) is 11. The average molecular weight is 900 g/mol. The molecule has 3 N–H and O–H groups in total. The van der Waals surface area contributed by atoms with Crippen molar-refractivity contribution in [3.8, 4) is 22.2 Å². The summed E-state index contributed by atoms with van der Waals surface area (Å²) in [5.41, 5.74) is 0.199. The number of aromatic nitrogens is 2. The van der Waals surface area contributed by atoms with Crippen LogP contribution < -0.4 is 24.8 Å². The number of carbonyl (C=O) groups excluding carboxylic acids is 3. The Morgan fingerprint density at radius 3 is 2.48 bits per heavy atom. The van der Waals surface area contributed by atoms with Gasteiger partial charge in [0.2, 0.25) is 11.8 Å². The Balaban J connectivity index is 1.40. The number of amides is 3. The van der Waals surface area contributed by atoms with Gasteiger partial charge in [0.25, 0.3) is 11.8 Å². The maximum absolute atomic E-state index is 15.0. The number of alkyl halides is 2. The van der Waals surface area contributed by atoms with Crippen molar-refractivity contribution >= 4 is 68.5 Å². The second kappa shape index (κ2) is 17.6. The number of benzene rings is 2. The summed E-state index contributed by atoms with van der Waals surface area (Å²) in [6, 6.07) is 6.97. The van der Waals surface area contributed by atoms with Gasteiger partial charge in [0.05, 0.1) is 24.9 Å². The van der Waals surface area contributed by atoms with E-state index in [1.807, 2.05) is 36.9 Å². The van der Waals surface area contributed by atoms with Crippen LogP contribution in [-0.2, 0) is 31.6 Å². The number of halogens is 3. The molecule has 13 nitrogen and oxygen atoms in total. The van der Waals surface area contributed by atoms with E-state index >= 15 is 0 Å². The second-order valence-corrected chi connectivity index (χ2v) is 18.9. The number of hydrogen-bond donors (Lipinski definition) is 3. The van der Waals surface area contributed by atoms with E-state index in [2.05, 4.69) is 17.2 Å². The molecule has 328 valence electrons. The maximum atomic E-state index is 15.0. The summed E-state index contributed by atoms with van der Waals surface area (Å²) < 4.78 is 67.0. The molecule has 6 unspecified atom stereocenters. The minimum atomic E-state index is -3.19. The number of rotatable bonds is 15. The Hall–Kier alpha value is -4.71. The number of thiazole rings is 1. The Morgan fingerprint density at radius 1 is 1.16 bits per heavy atom. The van der Waals surface area contributed by atoms with Gasteiger partial charge in [-0.2, -0.15) is 0 Å². The van der Waals surface area contributed by atoms with Crippen molar-refractivity contribution in [2.45, 2.75) is 103 Å². The van der Waals surface area contributed by atoms with Gasteiger partial charge in [-0.05, 0) is 55.0 Å². The lowest BCUT2D eigenvalue weighted by Gasteiger charge is -2.36. The fraction of sp³-hybridized carbons (Fsp3) is 0.465. The van der Waals surface area contributed by atoms with Crippen molar-refractivity contribution < 1.29 is 41.4 Å². The highest BCUT2D eigenvalue weighted by Crippen LogP contribution is 2.45. The highest BCUT2D eigenvalue weighted by atomic mass is 35.5. The summed E-state index contributed by atoms with van der Waals surface area (Å²) in [6.07, 6.45) is 0.236. The number of aryl methyl sites for hydroxylation is 1. The van der Waals surface area contributed by atoms with Gasteiger partial charge in [0.15, 0.2) is 0 Å². The number of ether oxygens (including phenoxy) is 2. The topological polar surface area (TPSA) is 175 Å². The van der Waals surface area contributed by atoms with E-state index in [9.17, 15) is 31.9 Å². The molecule has 1 saturated heterocycles. The molecular weight excluding hydrogens is 850 g/mol. The predicted molar refractivity (Wildman–Crippen MR) is 232 cm³/mol. The molecule has 3 heterocycles. The van der Waals surface area contributed by atoms with Crippen LogP contribution in [0.1, 0.15) is 83.5 Å². The zero-order valence-corrected chi connectivity index (χ0v) is 37.6. The number of pyridine rings is 1. The number of nitrogens with one attached hydrogen (secondary N) is 3. The monoisotopic (exact) mass is 899 g/mol. The first kappa shape index (κ1) is 45.8. The van der Waals surface area contributed by atoms with Crippen LogP contribution in [0.15, 0.2) is 54.4 Å². The largest absolute Gasteiger partial charge is 0.755 e. The van der Waals surface area contributed by atoms with Crippen molar-refractivity contribution in [3.05, 3.63) is 76.3 Å². The molecule has 1 saturated carbocycles. The van der Waals surface area contributed by atoms with Crippen LogP contribution in [0.3, 0.4) is 0 Å². The van der Waals surface area contributed by atoms with E-state index in [0.29, 0.717) is 33.1 Å². The first-order chi connectivity index (χ1) is 28.6. The third kappa shape index (κ3) is 9.54. The Labute approximate surface area is 365 Å². The van der Waals surface area contributed by atoms with E-state index in [0.717, 1.165) is 11.3 Å². The highest BCUT2D eigenvalue weighted by Gasteiger charge is 2.61. The van der Waals surface area contributed by atoms with Gasteiger partial charge in [-0.15, -0.1) is 17.9 Å². The van der Waals surface area contributed by atoms with Gasteiger partial charge in [0.1, 0.15) is 45.9 Å². The van der Waals surface area contributed by atoms with Crippen LogP contribution in [0, 0.1) is 18.3 Å². The molecule has 2 aromatic heterocycles. The van der Waals surface area contributed by atoms with Crippen molar-refractivity contribution in [2.24, 2.45) is 11.3 Å². The Bertz CT molecular complexity index is 2390. The molecule has 3 amide bonds. The molecule has 6 rings (SSSR count). The number of nitrogens with zero attached hydrogens (tertiary/aromatic N) is 3. The minimum Gasteiger partial charge on any atom is -0.755 e. The summed E-state index contributed by atoms with van der Waals surface area (Å²) in [4.78, 5) is 53.8. The molecule has 61 heavy (non-hydrogen) atoms. The fourth-order valence-corrected chi connectivity index (χ4v) is 9.11. The first-order valence-electron chi connectivity index (χ1n) is 19.8. The summed E-state index contributed by atoms with van der Waals surface area (Å²) in [5, 5.41) is 9.22. The Kier molecular flexibility index (Phi) is 13.2. The van der Waals surface area contributed by atoms with Crippen LogP contribution in [0.5, 0.6) is 11.5 Å². The van der Waals surface area contributed by atoms with Gasteiger partial charge >= 0.3 is 0 Å². The molecule has 2 aliphatic rings. The standard InChI is InChI=1S/C43H51ClF2N6O7S2/c1-10-24-19-42(24,40(55)51-61(56)57)50-37(53)32-17-28(20-52(32)39(54)36(41(6,7)8)47-27-15-25(14-26(44)16-27)43(45,46)11-2)59-34-18-30(38-49-31(21-60-38)22(3)4)48-35-23(5)33(58-9)13-12-29(34)35/h10,12-16,18,21-22,24,28,32,36,47H,1,11,17,19-20H2,2-9H3,(H,50,53)(H,51,55)(H,56,57)/p-1. The van der Waals surface area contributed by atoms with Crippen LogP contribution in [-0.4, -0.2) is 78.7 Å². The summed E-state index contributed by atoms with van der Waals surface area (Å²) in [6.45, 7) is 16.3. The number of carbonyl (C=O) groups is 3. The SMILES string of the molecule is C=CC1CC1(NC(=O)C1CC(Oc2cc(-c3nc(C(C)C)cs3)nc3c(C)c(OC)ccc23)CN1C(=O)C(Nc1cc(Cl)cc(C(F)(F)CC)c1)C(C)(C)C)C(=O)NS(=O)[O-]. The third-order valence-electron chi connectivity index (χ3n) is 11.3. The third-order valence-corrected chi connectivity index (χ3v) is 12.7. The smallest absolute Gasteiger partial charge is 0.273 e. The second-order valence-electron chi connectivity index (χ2n) is 16.9. The van der Waals surface area contributed by atoms with Crippen molar-refractivity contribution in [2.75, 3.05) is 19.0 Å². The lowest BCUT2D eigenvalue weighted by Crippen LogP contribution is -2.58. The van der Waals surface area contributed by atoms with Gasteiger partial charge in [-0.25, -0.2) is 18.7 Å². The molecule has 18 heteroatoms. The molecule has 2 fully saturated rings. The number of likely N-dealkylation sites (tertiary alicyclic amines) is 1. The minimum absolute atomic E-state index is 0.0363. The molecule has 0 bridgehead atoms. The Morgan fingerprint density at radius 2 is 1.89 bits per heavy atom. The molecule has 1 aliphatic heterocycles. The highest BCUT2D eigenvalue weighted by molar-refractivity contribution is 7.77. The summed E-state index contributed by atoms with van der Waals surface area (Å²) in [7, 11) is 1.57. The quantitative estimate of drug-likeness (QED) is 0.0789. The van der Waals surface area contributed by atoms with Crippen molar-refractivity contribution in [1.29, 1.82) is 0 Å². The zero-order chi connectivity index (χ0) is 44.8. The van der Waals surface area contributed by atoms with E-state index < -0.39 is 76.4 Å². The summed E-state index contributed by atoms with van der Waals surface area (Å²) in [5.74, 6) is -4.77. The zero-order valence-electron chi connectivity index (χ0n) is 35.2. The van der Waals surface area contributed by atoms with E-state index in [4.69, 9.17) is 31.0 Å². The van der Waals surface area contributed by atoms with Crippen LogP contribution in [0.2, 0.25) is 5.02 Å². The van der Waals surface area contributed by atoms with Crippen LogP contribution in [0.25, 0.3) is 21.6 Å². The summed E-state index contributed by atoms with van der Waals surface area (Å²) >= 11 is 4.81. The lowest BCUT2D eigenvalue weighted by molar-refractivity contribution is -0.141. The van der Waals surface area contributed by atoms with E-state index in [-0.39, 0.29) is 41.6 Å². The molecule has 6 atom stereocenters. The van der Waals surface area contributed by atoms with Gasteiger partial charge < -0.3 is 29.6 Å². The normalized spacial score (nSPS) is 21.2. The molecule has 4 aromatic rings.